The van der Waals surface area contributed by atoms with Crippen molar-refractivity contribution in [2.75, 3.05) is 5.73 Å². The third-order valence-electron chi connectivity index (χ3n) is 1.88. The van der Waals surface area contributed by atoms with E-state index < -0.39 is 5.97 Å². The van der Waals surface area contributed by atoms with Gasteiger partial charge in [0.25, 0.3) is 0 Å². The van der Waals surface area contributed by atoms with Crippen molar-refractivity contribution in [3.63, 3.8) is 0 Å². The highest BCUT2D eigenvalue weighted by atomic mass is 79.9. The van der Waals surface area contributed by atoms with Gasteiger partial charge in [0.15, 0.2) is 0 Å². The Morgan fingerprint density at radius 1 is 1.50 bits per heavy atom. The molecule has 0 bridgehead atoms. The highest BCUT2D eigenvalue weighted by Gasteiger charge is 2.12. The summed E-state index contributed by atoms with van der Waals surface area (Å²) in [5.41, 5.74) is 6.50. The van der Waals surface area contributed by atoms with Crippen LogP contribution in [0, 0.1) is 0 Å². The number of fused-ring (bicyclic) bond motifs is 1. The molecule has 0 unspecified atom stereocenters. The topological polar surface area (TPSA) is 63.3 Å². The van der Waals surface area contributed by atoms with Crippen molar-refractivity contribution in [3.05, 3.63) is 27.5 Å². The molecule has 5 heteroatoms. The lowest BCUT2D eigenvalue weighted by Crippen LogP contribution is -1.94. The average Bonchev–Trinajstić information content (AvgIpc) is 2.47. The summed E-state index contributed by atoms with van der Waals surface area (Å²) in [5, 5.41) is 11.2. The van der Waals surface area contributed by atoms with Gasteiger partial charge in [-0.2, -0.15) is 0 Å². The number of hydrogen-bond donors (Lipinski definition) is 2. The number of benzene rings is 1. The van der Waals surface area contributed by atoms with E-state index in [2.05, 4.69) is 15.9 Å². The molecule has 0 saturated heterocycles. The van der Waals surface area contributed by atoms with Gasteiger partial charge in [0, 0.05) is 25.6 Å². The monoisotopic (exact) mass is 271 g/mol. The van der Waals surface area contributed by atoms with Crippen molar-refractivity contribution in [2.45, 2.75) is 0 Å². The van der Waals surface area contributed by atoms with Crippen molar-refractivity contribution >= 4 is 49.0 Å². The van der Waals surface area contributed by atoms with Crippen molar-refractivity contribution in [1.82, 2.24) is 0 Å². The van der Waals surface area contributed by atoms with Crippen molar-refractivity contribution in [3.8, 4) is 0 Å². The third-order valence-corrected chi connectivity index (χ3v) is 3.80. The summed E-state index contributed by atoms with van der Waals surface area (Å²) in [5.74, 6) is -0.922. The lowest BCUT2D eigenvalue weighted by atomic mass is 10.1. The largest absolute Gasteiger partial charge is 0.478 e. The fourth-order valence-electron chi connectivity index (χ4n) is 1.28. The van der Waals surface area contributed by atoms with Gasteiger partial charge in [0.2, 0.25) is 0 Å². The molecule has 1 heterocycles. The third kappa shape index (κ3) is 1.38. The standard InChI is InChI=1S/C9H6BrNO2S/c10-7-2-4(11)1-5-6(9(12)13)3-14-8(5)7/h1-3H,11H2,(H,12,13). The Balaban J connectivity index is 2.85. The van der Waals surface area contributed by atoms with Crippen LogP contribution in [0.2, 0.25) is 0 Å². The number of nitrogen functional groups attached to an aromatic ring is 1. The van der Waals surface area contributed by atoms with Crippen LogP contribution >= 0.6 is 27.3 Å². The Kier molecular flexibility index (Phi) is 2.20. The number of carbonyl (C=O) groups is 1. The number of anilines is 1. The van der Waals surface area contributed by atoms with Crippen LogP contribution in [0.1, 0.15) is 10.4 Å². The average molecular weight is 272 g/mol. The molecular formula is C9H6BrNO2S. The van der Waals surface area contributed by atoms with Crippen LogP contribution in [0.25, 0.3) is 10.1 Å². The summed E-state index contributed by atoms with van der Waals surface area (Å²) in [7, 11) is 0. The van der Waals surface area contributed by atoms with Crippen molar-refractivity contribution in [1.29, 1.82) is 0 Å². The minimum atomic E-state index is -0.922. The van der Waals surface area contributed by atoms with E-state index in [-0.39, 0.29) is 0 Å². The highest BCUT2D eigenvalue weighted by Crippen LogP contribution is 2.34. The van der Waals surface area contributed by atoms with Crippen LogP contribution in [-0.2, 0) is 0 Å². The quantitative estimate of drug-likeness (QED) is 0.784. The van der Waals surface area contributed by atoms with E-state index in [0.717, 1.165) is 9.17 Å². The van der Waals surface area contributed by atoms with Gasteiger partial charge < -0.3 is 10.8 Å². The minimum absolute atomic E-state index is 0.304. The number of halogens is 1. The summed E-state index contributed by atoms with van der Waals surface area (Å²) in [4.78, 5) is 10.8. The van der Waals surface area contributed by atoms with E-state index in [1.54, 1.807) is 17.5 Å². The highest BCUT2D eigenvalue weighted by molar-refractivity contribution is 9.10. The van der Waals surface area contributed by atoms with Crippen molar-refractivity contribution < 1.29 is 9.90 Å². The summed E-state index contributed by atoms with van der Waals surface area (Å²) in [6.07, 6.45) is 0. The first-order valence-corrected chi connectivity index (χ1v) is 5.46. The molecule has 0 radical (unpaired) electrons. The predicted octanol–water partition coefficient (Wildman–Crippen LogP) is 2.94. The maximum atomic E-state index is 10.8. The van der Waals surface area contributed by atoms with E-state index in [1.807, 2.05) is 0 Å². The lowest BCUT2D eigenvalue weighted by Gasteiger charge is -1.98. The number of hydrogen-bond acceptors (Lipinski definition) is 3. The number of carboxylic acids is 1. The second-order valence-corrected chi connectivity index (χ2v) is 4.57. The molecule has 0 aliphatic carbocycles. The first kappa shape index (κ1) is 9.48. The first-order chi connectivity index (χ1) is 6.59. The zero-order chi connectivity index (χ0) is 10.3. The molecule has 14 heavy (non-hydrogen) atoms. The van der Waals surface area contributed by atoms with Gasteiger partial charge in [-0.05, 0) is 28.1 Å². The molecule has 1 aromatic carbocycles. The van der Waals surface area contributed by atoms with Crippen LogP contribution < -0.4 is 5.73 Å². The molecule has 1 aromatic heterocycles. The molecule has 3 N–H and O–H groups in total. The van der Waals surface area contributed by atoms with Crippen LogP contribution in [-0.4, -0.2) is 11.1 Å². The van der Waals surface area contributed by atoms with Gasteiger partial charge in [0.1, 0.15) is 0 Å². The maximum Gasteiger partial charge on any atom is 0.337 e. The number of carboxylic acid groups (broad SMARTS) is 1. The minimum Gasteiger partial charge on any atom is -0.478 e. The Hall–Kier alpha value is -1.07. The smallest absolute Gasteiger partial charge is 0.337 e. The summed E-state index contributed by atoms with van der Waals surface area (Å²) in [6.45, 7) is 0. The number of thiophene rings is 1. The molecule has 2 rings (SSSR count). The second kappa shape index (κ2) is 3.25. The number of nitrogens with two attached hydrogens (primary N) is 1. The molecule has 0 aliphatic rings. The van der Waals surface area contributed by atoms with Gasteiger partial charge in [-0.15, -0.1) is 11.3 Å². The van der Waals surface area contributed by atoms with Crippen molar-refractivity contribution in [2.24, 2.45) is 0 Å². The van der Waals surface area contributed by atoms with Gasteiger partial charge in [-0.25, -0.2) is 4.79 Å². The number of rotatable bonds is 1. The summed E-state index contributed by atoms with van der Waals surface area (Å²) >= 11 is 4.74. The SMILES string of the molecule is Nc1cc(Br)c2scc(C(=O)O)c2c1. The molecule has 0 amide bonds. The number of aromatic carboxylic acids is 1. The second-order valence-electron chi connectivity index (χ2n) is 2.83. The van der Waals surface area contributed by atoms with Crippen LogP contribution in [0.4, 0.5) is 5.69 Å². The Morgan fingerprint density at radius 2 is 2.21 bits per heavy atom. The van der Waals surface area contributed by atoms with E-state index in [1.165, 1.54) is 11.3 Å². The Morgan fingerprint density at radius 3 is 2.86 bits per heavy atom. The normalized spacial score (nSPS) is 10.6. The molecular weight excluding hydrogens is 266 g/mol. The molecule has 3 nitrogen and oxygen atoms in total. The van der Waals surface area contributed by atoms with Crippen LogP contribution in [0.3, 0.4) is 0 Å². The van der Waals surface area contributed by atoms with Gasteiger partial charge in [0.05, 0.1) is 5.56 Å². The van der Waals surface area contributed by atoms with E-state index in [4.69, 9.17) is 10.8 Å². The molecule has 2 aromatic rings. The predicted molar refractivity (Wildman–Crippen MR) is 60.9 cm³/mol. The molecule has 0 saturated carbocycles. The fourth-order valence-corrected chi connectivity index (χ4v) is 2.97. The van der Waals surface area contributed by atoms with Crippen LogP contribution in [0.5, 0.6) is 0 Å². The first-order valence-electron chi connectivity index (χ1n) is 3.79. The van der Waals surface area contributed by atoms with E-state index in [9.17, 15) is 4.79 Å². The van der Waals surface area contributed by atoms with E-state index in [0.29, 0.717) is 16.6 Å². The zero-order valence-electron chi connectivity index (χ0n) is 6.95. The van der Waals surface area contributed by atoms with Gasteiger partial charge in [-0.1, -0.05) is 0 Å². The lowest BCUT2D eigenvalue weighted by molar-refractivity contribution is 0.0699. The Bertz CT molecular complexity index is 521. The molecule has 0 spiro atoms. The van der Waals surface area contributed by atoms with Gasteiger partial charge in [-0.3, -0.25) is 0 Å². The molecule has 0 atom stereocenters. The molecule has 72 valence electrons. The van der Waals surface area contributed by atoms with Gasteiger partial charge >= 0.3 is 5.97 Å². The summed E-state index contributed by atoms with van der Waals surface area (Å²) < 4.78 is 1.75. The summed E-state index contributed by atoms with van der Waals surface area (Å²) in [6, 6.07) is 3.45. The Labute approximate surface area is 92.3 Å². The molecule has 0 fully saturated rings. The zero-order valence-corrected chi connectivity index (χ0v) is 9.35. The maximum absolute atomic E-state index is 10.8. The fraction of sp³-hybridized carbons (Fsp3) is 0. The van der Waals surface area contributed by atoms with E-state index >= 15 is 0 Å². The van der Waals surface area contributed by atoms with Crippen LogP contribution in [0.15, 0.2) is 22.0 Å². The molecule has 0 aliphatic heterocycles.